The van der Waals surface area contributed by atoms with Gasteiger partial charge in [-0.05, 0) is 37.5 Å². The van der Waals surface area contributed by atoms with Gasteiger partial charge in [-0.15, -0.1) is 0 Å². The zero-order valence-electron chi connectivity index (χ0n) is 9.94. The Morgan fingerprint density at radius 2 is 1.56 bits per heavy atom. The molecule has 0 aromatic rings. The number of aliphatic hydroxyl groups excluding tert-OH is 1. The van der Waals surface area contributed by atoms with Crippen molar-refractivity contribution in [3.05, 3.63) is 0 Å². The molecule has 0 spiro atoms. The van der Waals surface area contributed by atoms with Gasteiger partial charge in [-0.1, -0.05) is 19.3 Å². The third-order valence-electron chi connectivity index (χ3n) is 4.30. The topological polar surface area (TPSA) is 47.3 Å². The molecule has 16 heavy (non-hydrogen) atoms. The van der Waals surface area contributed by atoms with Gasteiger partial charge in [0.1, 0.15) is 0 Å². The zero-order chi connectivity index (χ0) is 11.4. The molecule has 1 aliphatic carbocycles. The summed E-state index contributed by atoms with van der Waals surface area (Å²) < 4.78 is 0. The molecule has 1 saturated heterocycles. The van der Waals surface area contributed by atoms with Crippen LogP contribution in [0.2, 0.25) is 0 Å². The van der Waals surface area contributed by atoms with Gasteiger partial charge in [0.25, 0.3) is 0 Å². The molecule has 0 bridgehead atoms. The second-order valence-corrected chi connectivity index (χ2v) is 5.31. The van der Waals surface area contributed by atoms with Crippen molar-refractivity contribution in [1.29, 1.82) is 5.26 Å². The van der Waals surface area contributed by atoms with E-state index in [1.165, 1.54) is 32.1 Å². The molecule has 0 aromatic carbocycles. The summed E-state index contributed by atoms with van der Waals surface area (Å²) in [5, 5.41) is 19.1. The predicted octanol–water partition coefficient (Wildman–Crippen LogP) is 2.12. The monoisotopic (exact) mass is 222 g/mol. The quantitative estimate of drug-likeness (QED) is 0.728. The highest BCUT2D eigenvalue weighted by atomic mass is 16.3. The molecule has 3 heteroatoms. The lowest BCUT2D eigenvalue weighted by Crippen LogP contribution is -2.38. The Kier molecular flexibility index (Phi) is 4.06. The fourth-order valence-electron chi connectivity index (χ4n) is 3.20. The SMILES string of the molecule is N#CN1CCC(C(O)C2CCCCC2)CC1. The van der Waals surface area contributed by atoms with E-state index in [0.29, 0.717) is 11.8 Å². The van der Waals surface area contributed by atoms with Gasteiger partial charge in [-0.2, -0.15) is 5.26 Å². The Morgan fingerprint density at radius 1 is 1.00 bits per heavy atom. The average molecular weight is 222 g/mol. The first kappa shape index (κ1) is 11.7. The average Bonchev–Trinajstić information content (AvgIpc) is 2.39. The van der Waals surface area contributed by atoms with Crippen molar-refractivity contribution in [2.75, 3.05) is 13.1 Å². The summed E-state index contributed by atoms with van der Waals surface area (Å²) in [4.78, 5) is 1.81. The number of hydrogen-bond donors (Lipinski definition) is 1. The maximum atomic E-state index is 10.4. The van der Waals surface area contributed by atoms with Gasteiger partial charge >= 0.3 is 0 Å². The summed E-state index contributed by atoms with van der Waals surface area (Å²) in [5.41, 5.74) is 0. The first-order chi connectivity index (χ1) is 7.81. The van der Waals surface area contributed by atoms with Crippen molar-refractivity contribution in [2.45, 2.75) is 51.0 Å². The third kappa shape index (κ3) is 2.68. The van der Waals surface area contributed by atoms with Gasteiger partial charge in [0.05, 0.1) is 6.10 Å². The maximum absolute atomic E-state index is 10.4. The Balaban J connectivity index is 1.81. The van der Waals surface area contributed by atoms with Crippen molar-refractivity contribution >= 4 is 0 Å². The van der Waals surface area contributed by atoms with E-state index < -0.39 is 0 Å². The maximum Gasteiger partial charge on any atom is 0.179 e. The summed E-state index contributed by atoms with van der Waals surface area (Å²) in [6.45, 7) is 1.68. The Labute approximate surface area is 98.1 Å². The second kappa shape index (κ2) is 5.54. The van der Waals surface area contributed by atoms with Crippen molar-refractivity contribution in [2.24, 2.45) is 11.8 Å². The van der Waals surface area contributed by atoms with Gasteiger partial charge in [0.2, 0.25) is 0 Å². The fourth-order valence-corrected chi connectivity index (χ4v) is 3.20. The van der Waals surface area contributed by atoms with E-state index in [9.17, 15) is 5.11 Å². The van der Waals surface area contributed by atoms with Crippen LogP contribution in [0.3, 0.4) is 0 Å². The second-order valence-electron chi connectivity index (χ2n) is 5.31. The number of nitriles is 1. The highest BCUT2D eigenvalue weighted by Crippen LogP contribution is 2.33. The lowest BCUT2D eigenvalue weighted by atomic mass is 9.77. The number of hydrogen-bond acceptors (Lipinski definition) is 3. The summed E-state index contributed by atoms with van der Waals surface area (Å²) in [6, 6.07) is 0. The van der Waals surface area contributed by atoms with Crippen molar-refractivity contribution in [1.82, 2.24) is 4.90 Å². The van der Waals surface area contributed by atoms with Gasteiger partial charge in [-0.3, -0.25) is 0 Å². The Morgan fingerprint density at radius 3 is 2.12 bits per heavy atom. The number of likely N-dealkylation sites (tertiary alicyclic amines) is 1. The van der Waals surface area contributed by atoms with Crippen molar-refractivity contribution in [3.63, 3.8) is 0 Å². The summed E-state index contributed by atoms with van der Waals surface area (Å²) in [5.74, 6) is 0.972. The molecule has 1 unspecified atom stereocenters. The van der Waals surface area contributed by atoms with Gasteiger partial charge in [-0.25, -0.2) is 0 Å². The van der Waals surface area contributed by atoms with Gasteiger partial charge in [0, 0.05) is 13.1 Å². The van der Waals surface area contributed by atoms with E-state index in [4.69, 9.17) is 5.26 Å². The number of aliphatic hydroxyl groups is 1. The first-order valence-electron chi connectivity index (χ1n) is 6.64. The smallest absolute Gasteiger partial charge is 0.179 e. The molecule has 1 atom stereocenters. The zero-order valence-corrected chi connectivity index (χ0v) is 9.94. The highest BCUT2D eigenvalue weighted by molar-refractivity contribution is 4.86. The summed E-state index contributed by atoms with van der Waals surface area (Å²) in [7, 11) is 0. The molecule has 2 aliphatic rings. The number of piperidine rings is 1. The third-order valence-corrected chi connectivity index (χ3v) is 4.30. The number of nitrogens with zero attached hydrogens (tertiary/aromatic N) is 2. The van der Waals surface area contributed by atoms with Crippen LogP contribution < -0.4 is 0 Å². The molecule has 90 valence electrons. The Hall–Kier alpha value is -0.750. The molecule has 1 N–H and O–H groups in total. The molecular formula is C13H22N2O. The van der Waals surface area contributed by atoms with Gasteiger partial charge in [0.15, 0.2) is 6.19 Å². The molecule has 1 saturated carbocycles. The standard InChI is InChI=1S/C13H22N2O/c14-10-15-8-6-12(7-9-15)13(16)11-4-2-1-3-5-11/h11-13,16H,1-9H2. The minimum atomic E-state index is -0.110. The minimum Gasteiger partial charge on any atom is -0.393 e. The molecule has 2 fully saturated rings. The Bertz CT molecular complexity index is 247. The van der Waals surface area contributed by atoms with E-state index in [2.05, 4.69) is 6.19 Å². The van der Waals surface area contributed by atoms with Crippen LogP contribution in [-0.2, 0) is 0 Å². The molecule has 2 rings (SSSR count). The minimum absolute atomic E-state index is 0.110. The van der Waals surface area contributed by atoms with Crippen molar-refractivity contribution < 1.29 is 5.11 Å². The van der Waals surface area contributed by atoms with E-state index >= 15 is 0 Å². The van der Waals surface area contributed by atoms with E-state index in [-0.39, 0.29) is 6.10 Å². The lowest BCUT2D eigenvalue weighted by Gasteiger charge is -2.36. The van der Waals surface area contributed by atoms with Crippen LogP contribution in [0.15, 0.2) is 0 Å². The van der Waals surface area contributed by atoms with Gasteiger partial charge < -0.3 is 10.0 Å². The van der Waals surface area contributed by atoms with E-state index in [0.717, 1.165) is 25.9 Å². The summed E-state index contributed by atoms with van der Waals surface area (Å²) in [6.07, 6.45) is 10.4. The van der Waals surface area contributed by atoms with Crippen LogP contribution in [0.5, 0.6) is 0 Å². The summed E-state index contributed by atoms with van der Waals surface area (Å²) >= 11 is 0. The lowest BCUT2D eigenvalue weighted by molar-refractivity contribution is 0.0118. The predicted molar refractivity (Wildman–Crippen MR) is 62.5 cm³/mol. The number of rotatable bonds is 2. The van der Waals surface area contributed by atoms with E-state index in [1.807, 2.05) is 4.90 Å². The largest absolute Gasteiger partial charge is 0.393 e. The molecular weight excluding hydrogens is 200 g/mol. The molecule has 0 radical (unpaired) electrons. The molecule has 0 aromatic heterocycles. The fraction of sp³-hybridized carbons (Fsp3) is 0.923. The first-order valence-corrected chi connectivity index (χ1v) is 6.64. The van der Waals surface area contributed by atoms with Crippen molar-refractivity contribution in [3.8, 4) is 6.19 Å². The van der Waals surface area contributed by atoms with Crippen LogP contribution in [0, 0.1) is 23.3 Å². The molecule has 3 nitrogen and oxygen atoms in total. The molecule has 1 heterocycles. The normalized spacial score (nSPS) is 26.4. The molecule has 0 amide bonds. The van der Waals surface area contributed by atoms with Crippen LogP contribution in [-0.4, -0.2) is 29.2 Å². The highest BCUT2D eigenvalue weighted by Gasteiger charge is 2.31. The van der Waals surface area contributed by atoms with Crippen LogP contribution >= 0.6 is 0 Å². The van der Waals surface area contributed by atoms with Crippen LogP contribution in [0.1, 0.15) is 44.9 Å². The van der Waals surface area contributed by atoms with Crippen LogP contribution in [0.25, 0.3) is 0 Å². The molecule has 1 aliphatic heterocycles. The van der Waals surface area contributed by atoms with Crippen LogP contribution in [0.4, 0.5) is 0 Å². The van der Waals surface area contributed by atoms with E-state index in [1.54, 1.807) is 0 Å².